The van der Waals surface area contributed by atoms with Crippen molar-refractivity contribution >= 4 is 5.82 Å². The van der Waals surface area contributed by atoms with Crippen molar-refractivity contribution in [1.29, 1.82) is 0 Å². The van der Waals surface area contributed by atoms with Crippen LogP contribution in [-0.2, 0) is 6.54 Å². The van der Waals surface area contributed by atoms with Crippen molar-refractivity contribution in [2.75, 3.05) is 31.6 Å². The van der Waals surface area contributed by atoms with Crippen LogP contribution in [0.2, 0.25) is 0 Å². The summed E-state index contributed by atoms with van der Waals surface area (Å²) in [6, 6.07) is 2.21. The molecular weight excluding hydrogens is 255 g/mol. The molecule has 2 atom stereocenters. The zero-order valence-electron chi connectivity index (χ0n) is 12.1. The van der Waals surface area contributed by atoms with E-state index in [0.29, 0.717) is 18.5 Å². The van der Waals surface area contributed by atoms with E-state index in [1.165, 1.54) is 31.6 Å². The lowest BCUT2D eigenvalue weighted by molar-refractivity contribution is 0.102. The van der Waals surface area contributed by atoms with Crippen molar-refractivity contribution in [2.45, 2.75) is 31.8 Å². The molecule has 2 aliphatic rings. The molecule has 4 nitrogen and oxygen atoms in total. The predicted molar refractivity (Wildman–Crippen MR) is 78.1 cm³/mol. The Bertz CT molecular complexity index is 479. The number of pyridine rings is 1. The van der Waals surface area contributed by atoms with Crippen molar-refractivity contribution in [3.63, 3.8) is 0 Å². The third-order valence-electron chi connectivity index (χ3n) is 4.77. The van der Waals surface area contributed by atoms with E-state index in [-0.39, 0.29) is 5.82 Å². The molecule has 5 heteroatoms. The topological polar surface area (TPSA) is 45.4 Å². The molecule has 0 aromatic carbocycles. The summed E-state index contributed by atoms with van der Waals surface area (Å²) >= 11 is 0. The van der Waals surface area contributed by atoms with E-state index in [9.17, 15) is 4.39 Å². The fourth-order valence-corrected chi connectivity index (χ4v) is 3.75. The minimum absolute atomic E-state index is 0.304. The highest BCUT2D eigenvalue weighted by Crippen LogP contribution is 2.32. The fourth-order valence-electron chi connectivity index (χ4n) is 3.75. The van der Waals surface area contributed by atoms with Crippen LogP contribution in [0.1, 0.15) is 24.8 Å². The Morgan fingerprint density at radius 2 is 2.25 bits per heavy atom. The zero-order valence-corrected chi connectivity index (χ0v) is 12.1. The third kappa shape index (κ3) is 2.52. The number of likely N-dealkylation sites (tertiary alicyclic amines) is 1. The smallest absolute Gasteiger partial charge is 0.141 e. The Morgan fingerprint density at radius 1 is 1.40 bits per heavy atom. The fraction of sp³-hybridized carbons (Fsp3) is 0.667. The molecule has 110 valence electrons. The van der Waals surface area contributed by atoms with Crippen LogP contribution in [0.15, 0.2) is 12.3 Å². The molecule has 3 heterocycles. The van der Waals surface area contributed by atoms with E-state index in [2.05, 4.69) is 21.8 Å². The molecule has 2 fully saturated rings. The maximum atomic E-state index is 13.3. The zero-order chi connectivity index (χ0) is 14.1. The summed E-state index contributed by atoms with van der Waals surface area (Å²) in [5.41, 5.74) is 6.55. The second kappa shape index (κ2) is 5.66. The molecule has 0 spiro atoms. The number of aromatic nitrogens is 1. The number of rotatable bonds is 2. The SMILES string of the molecule is CN1CCCC2CN(c3ncc(F)cc3CN)CCC21. The van der Waals surface area contributed by atoms with Gasteiger partial charge in [0.2, 0.25) is 0 Å². The maximum absolute atomic E-state index is 13.3. The van der Waals surface area contributed by atoms with E-state index >= 15 is 0 Å². The highest BCUT2D eigenvalue weighted by Gasteiger charge is 2.35. The molecule has 0 saturated carbocycles. The molecule has 2 aliphatic heterocycles. The molecule has 0 radical (unpaired) electrons. The van der Waals surface area contributed by atoms with Crippen molar-refractivity contribution < 1.29 is 4.39 Å². The molecule has 0 aliphatic carbocycles. The Kier molecular flexibility index (Phi) is 3.89. The summed E-state index contributed by atoms with van der Waals surface area (Å²) < 4.78 is 13.3. The number of hydrogen-bond donors (Lipinski definition) is 1. The molecular formula is C15H23FN4. The number of halogens is 1. The number of nitrogens with zero attached hydrogens (tertiary/aromatic N) is 3. The first-order valence-corrected chi connectivity index (χ1v) is 7.48. The van der Waals surface area contributed by atoms with E-state index in [4.69, 9.17) is 5.73 Å². The van der Waals surface area contributed by atoms with Gasteiger partial charge in [0.15, 0.2) is 0 Å². The van der Waals surface area contributed by atoms with Gasteiger partial charge in [-0.1, -0.05) is 0 Å². The summed E-state index contributed by atoms with van der Waals surface area (Å²) in [5, 5.41) is 0. The first-order chi connectivity index (χ1) is 9.69. The average molecular weight is 278 g/mol. The van der Waals surface area contributed by atoms with Crippen molar-refractivity contribution in [2.24, 2.45) is 11.7 Å². The lowest BCUT2D eigenvalue weighted by Crippen LogP contribution is -2.53. The van der Waals surface area contributed by atoms with Gasteiger partial charge in [-0.05, 0) is 44.8 Å². The summed E-state index contributed by atoms with van der Waals surface area (Å²) in [6.45, 7) is 3.55. The van der Waals surface area contributed by atoms with Crippen LogP contribution in [0.4, 0.5) is 10.2 Å². The highest BCUT2D eigenvalue weighted by molar-refractivity contribution is 5.47. The number of hydrogen-bond acceptors (Lipinski definition) is 4. The first-order valence-electron chi connectivity index (χ1n) is 7.48. The number of anilines is 1. The largest absolute Gasteiger partial charge is 0.356 e. The third-order valence-corrected chi connectivity index (χ3v) is 4.77. The molecule has 2 saturated heterocycles. The summed E-state index contributed by atoms with van der Waals surface area (Å²) in [5.74, 6) is 1.27. The number of nitrogens with two attached hydrogens (primary N) is 1. The first kappa shape index (κ1) is 13.8. The Morgan fingerprint density at radius 3 is 3.05 bits per heavy atom. The minimum Gasteiger partial charge on any atom is -0.356 e. The van der Waals surface area contributed by atoms with Crippen LogP contribution in [0.5, 0.6) is 0 Å². The molecule has 20 heavy (non-hydrogen) atoms. The standard InChI is InChI=1S/C15H23FN4/c1-19-5-2-3-11-10-20(6-4-14(11)19)15-12(8-17)7-13(16)9-18-15/h7,9,11,14H,2-6,8,10,17H2,1H3. The molecule has 0 bridgehead atoms. The van der Waals surface area contributed by atoms with Gasteiger partial charge in [-0.25, -0.2) is 9.37 Å². The second-order valence-corrected chi connectivity index (χ2v) is 6.03. The van der Waals surface area contributed by atoms with Gasteiger partial charge < -0.3 is 15.5 Å². The molecule has 2 unspecified atom stereocenters. The van der Waals surface area contributed by atoms with Gasteiger partial charge in [-0.15, -0.1) is 0 Å². The van der Waals surface area contributed by atoms with Crippen molar-refractivity contribution in [1.82, 2.24) is 9.88 Å². The van der Waals surface area contributed by atoms with Gasteiger partial charge in [0.25, 0.3) is 0 Å². The quantitative estimate of drug-likeness (QED) is 0.892. The molecule has 3 rings (SSSR count). The van der Waals surface area contributed by atoms with Gasteiger partial charge in [0, 0.05) is 31.2 Å². The maximum Gasteiger partial charge on any atom is 0.141 e. The number of piperidine rings is 2. The summed E-state index contributed by atoms with van der Waals surface area (Å²) in [6.07, 6.45) is 5.01. The van der Waals surface area contributed by atoms with Crippen molar-refractivity contribution in [3.05, 3.63) is 23.6 Å². The van der Waals surface area contributed by atoms with E-state index in [1.54, 1.807) is 0 Å². The van der Waals surface area contributed by atoms with Crippen LogP contribution in [-0.4, -0.2) is 42.6 Å². The molecule has 2 N–H and O–H groups in total. The van der Waals surface area contributed by atoms with Gasteiger partial charge in [-0.3, -0.25) is 0 Å². The minimum atomic E-state index is -0.304. The average Bonchev–Trinajstić information content (AvgIpc) is 2.47. The summed E-state index contributed by atoms with van der Waals surface area (Å²) in [7, 11) is 2.23. The van der Waals surface area contributed by atoms with E-state index in [0.717, 1.165) is 30.9 Å². The lowest BCUT2D eigenvalue weighted by atomic mass is 9.84. The van der Waals surface area contributed by atoms with Gasteiger partial charge in [-0.2, -0.15) is 0 Å². The Labute approximate surface area is 119 Å². The molecule has 1 aromatic heterocycles. The predicted octanol–water partition coefficient (Wildman–Crippen LogP) is 1.60. The molecule has 1 aromatic rings. The van der Waals surface area contributed by atoms with Gasteiger partial charge in [0.05, 0.1) is 6.20 Å². The Hall–Kier alpha value is -1.20. The normalized spacial score (nSPS) is 27.4. The van der Waals surface area contributed by atoms with Crippen LogP contribution in [0, 0.1) is 11.7 Å². The van der Waals surface area contributed by atoms with E-state index in [1.807, 2.05) is 0 Å². The van der Waals surface area contributed by atoms with E-state index < -0.39 is 0 Å². The van der Waals surface area contributed by atoms with Gasteiger partial charge in [0.1, 0.15) is 11.6 Å². The number of fused-ring (bicyclic) bond motifs is 1. The van der Waals surface area contributed by atoms with Gasteiger partial charge >= 0.3 is 0 Å². The van der Waals surface area contributed by atoms with Crippen LogP contribution in [0.25, 0.3) is 0 Å². The summed E-state index contributed by atoms with van der Waals surface area (Å²) in [4.78, 5) is 9.07. The lowest BCUT2D eigenvalue weighted by Gasteiger charge is -2.46. The second-order valence-electron chi connectivity index (χ2n) is 6.03. The Balaban J connectivity index is 1.79. The van der Waals surface area contributed by atoms with Crippen LogP contribution < -0.4 is 10.6 Å². The van der Waals surface area contributed by atoms with Crippen molar-refractivity contribution in [3.8, 4) is 0 Å². The van der Waals surface area contributed by atoms with Crippen LogP contribution in [0.3, 0.4) is 0 Å². The highest BCUT2D eigenvalue weighted by atomic mass is 19.1. The monoisotopic (exact) mass is 278 g/mol. The molecule has 0 amide bonds. The van der Waals surface area contributed by atoms with Crippen LogP contribution >= 0.6 is 0 Å².